The van der Waals surface area contributed by atoms with Crippen LogP contribution in [0.3, 0.4) is 0 Å². The lowest BCUT2D eigenvalue weighted by molar-refractivity contribution is 0.331. The van der Waals surface area contributed by atoms with E-state index in [1.54, 1.807) is 0 Å². The number of rotatable bonds is 0. The Morgan fingerprint density at radius 2 is 1.52 bits per heavy atom. The van der Waals surface area contributed by atoms with E-state index >= 15 is 0 Å². The molecule has 1 aliphatic carbocycles. The van der Waals surface area contributed by atoms with Gasteiger partial charge in [-0.25, -0.2) is 0 Å². The summed E-state index contributed by atoms with van der Waals surface area (Å²) in [4.78, 5) is 0. The van der Waals surface area contributed by atoms with E-state index in [9.17, 15) is 0 Å². The van der Waals surface area contributed by atoms with Crippen LogP contribution in [-0.4, -0.2) is 0 Å². The van der Waals surface area contributed by atoms with Crippen LogP contribution in [0.1, 0.15) is 78.0 Å². The van der Waals surface area contributed by atoms with Gasteiger partial charge in [0.15, 0.2) is 0 Å². The maximum absolute atomic E-state index is 6.45. The summed E-state index contributed by atoms with van der Waals surface area (Å²) < 4.78 is 6.45. The molecular weight excluding hydrogens is 304 g/mol. The van der Waals surface area contributed by atoms with Gasteiger partial charge in [-0.3, -0.25) is 0 Å². The van der Waals surface area contributed by atoms with Gasteiger partial charge in [0, 0.05) is 16.3 Å². The molecule has 0 N–H and O–H groups in total. The molecule has 25 heavy (non-hydrogen) atoms. The molecule has 0 radical (unpaired) electrons. The lowest BCUT2D eigenvalue weighted by atomic mass is 9.63. The van der Waals surface area contributed by atoms with Crippen LogP contribution in [0.25, 0.3) is 21.9 Å². The summed E-state index contributed by atoms with van der Waals surface area (Å²) in [5, 5.41) is 2.52. The average Bonchev–Trinajstić information content (AvgIpc) is 2.88. The minimum absolute atomic E-state index is 0.146. The van der Waals surface area contributed by atoms with E-state index in [0.29, 0.717) is 0 Å². The van der Waals surface area contributed by atoms with Gasteiger partial charge in [0.25, 0.3) is 0 Å². The molecule has 0 aliphatic heterocycles. The molecule has 1 aliphatic rings. The van der Waals surface area contributed by atoms with E-state index in [-0.39, 0.29) is 16.2 Å². The molecule has 0 saturated carbocycles. The Hall–Kier alpha value is -1.76. The summed E-state index contributed by atoms with van der Waals surface area (Å²) in [6.07, 6.45) is 2.43. The summed E-state index contributed by atoms with van der Waals surface area (Å²) in [5.74, 6) is 0. The summed E-state index contributed by atoms with van der Waals surface area (Å²) >= 11 is 0. The van der Waals surface area contributed by atoms with Gasteiger partial charge in [-0.1, -0.05) is 66.7 Å². The smallest absolute Gasteiger partial charge is 0.139 e. The van der Waals surface area contributed by atoms with Crippen LogP contribution in [-0.2, 0) is 16.2 Å². The van der Waals surface area contributed by atoms with E-state index in [1.807, 2.05) is 0 Å². The van der Waals surface area contributed by atoms with Crippen molar-refractivity contribution in [1.82, 2.24) is 0 Å². The van der Waals surface area contributed by atoms with Crippen molar-refractivity contribution in [2.75, 3.05) is 0 Å². The van der Waals surface area contributed by atoms with E-state index < -0.39 is 0 Å². The zero-order valence-electron chi connectivity index (χ0n) is 16.7. The number of fused-ring (bicyclic) bond motifs is 5. The van der Waals surface area contributed by atoms with Crippen LogP contribution < -0.4 is 0 Å². The normalized spacial score (nSPS) is 19.3. The van der Waals surface area contributed by atoms with Crippen molar-refractivity contribution in [2.24, 2.45) is 0 Å². The summed E-state index contributed by atoms with van der Waals surface area (Å²) in [7, 11) is 0. The minimum Gasteiger partial charge on any atom is -0.456 e. The highest BCUT2D eigenvalue weighted by Gasteiger charge is 2.39. The van der Waals surface area contributed by atoms with E-state index in [1.165, 1.54) is 40.3 Å². The Kier molecular flexibility index (Phi) is 3.27. The number of furan rings is 1. The summed E-state index contributed by atoms with van der Waals surface area (Å²) in [6.45, 7) is 16.3. The lowest BCUT2D eigenvalue weighted by Gasteiger charge is -2.41. The second-order valence-electron chi connectivity index (χ2n) is 10.2. The van der Waals surface area contributed by atoms with Gasteiger partial charge >= 0.3 is 0 Å². The highest BCUT2D eigenvalue weighted by Crippen LogP contribution is 2.50. The number of hydrogen-bond acceptors (Lipinski definition) is 1. The first-order chi connectivity index (χ1) is 11.5. The molecule has 0 amide bonds. The number of benzene rings is 2. The third kappa shape index (κ3) is 2.43. The van der Waals surface area contributed by atoms with E-state index in [0.717, 1.165) is 11.2 Å². The topological polar surface area (TPSA) is 13.1 Å². The molecule has 132 valence electrons. The average molecular weight is 335 g/mol. The van der Waals surface area contributed by atoms with Gasteiger partial charge in [-0.2, -0.15) is 0 Å². The Bertz CT molecular complexity index is 977. The van der Waals surface area contributed by atoms with Crippen LogP contribution in [0.5, 0.6) is 0 Å². The van der Waals surface area contributed by atoms with Crippen molar-refractivity contribution < 1.29 is 4.42 Å². The Morgan fingerprint density at radius 3 is 2.20 bits per heavy atom. The minimum atomic E-state index is 0.146. The molecule has 0 saturated heterocycles. The summed E-state index contributed by atoms with van der Waals surface area (Å²) in [6, 6.07) is 11.3. The van der Waals surface area contributed by atoms with Gasteiger partial charge in [-0.05, 0) is 52.3 Å². The van der Waals surface area contributed by atoms with E-state index in [4.69, 9.17) is 4.42 Å². The first kappa shape index (κ1) is 16.7. The Labute approximate surface area is 151 Å². The first-order valence-corrected chi connectivity index (χ1v) is 9.51. The fourth-order valence-corrected chi connectivity index (χ4v) is 4.43. The van der Waals surface area contributed by atoms with Crippen molar-refractivity contribution in [1.29, 1.82) is 0 Å². The second kappa shape index (κ2) is 4.90. The maximum Gasteiger partial charge on any atom is 0.139 e. The van der Waals surface area contributed by atoms with Crippen LogP contribution in [0, 0.1) is 0 Å². The molecule has 0 bridgehead atoms. The van der Waals surface area contributed by atoms with Gasteiger partial charge in [0.1, 0.15) is 11.2 Å². The molecule has 3 aromatic rings. The largest absolute Gasteiger partial charge is 0.456 e. The molecule has 4 rings (SSSR count). The molecule has 1 heterocycles. The van der Waals surface area contributed by atoms with Crippen molar-refractivity contribution >= 4 is 21.9 Å². The van der Waals surface area contributed by atoms with Gasteiger partial charge < -0.3 is 4.42 Å². The van der Waals surface area contributed by atoms with Crippen molar-refractivity contribution in [3.63, 3.8) is 0 Å². The maximum atomic E-state index is 6.45. The highest BCUT2D eigenvalue weighted by atomic mass is 16.3. The predicted octanol–water partition coefficient (Wildman–Crippen LogP) is 7.23. The zero-order chi connectivity index (χ0) is 18.2. The zero-order valence-corrected chi connectivity index (χ0v) is 16.7. The molecule has 0 fully saturated rings. The molecule has 0 unspecified atom stereocenters. The third-order valence-electron chi connectivity index (χ3n) is 6.29. The van der Waals surface area contributed by atoms with Crippen LogP contribution in [0.15, 0.2) is 34.7 Å². The van der Waals surface area contributed by atoms with Crippen molar-refractivity contribution in [3.8, 4) is 0 Å². The molecule has 1 heteroatoms. The molecular formula is C24H30O. The molecule has 0 atom stereocenters. The van der Waals surface area contributed by atoms with Gasteiger partial charge in [0.05, 0.1) is 0 Å². The predicted molar refractivity (Wildman–Crippen MR) is 108 cm³/mol. The quantitative estimate of drug-likeness (QED) is 0.422. The fraction of sp³-hybridized carbons (Fsp3) is 0.500. The highest BCUT2D eigenvalue weighted by molar-refractivity contribution is 6.07. The second-order valence-corrected chi connectivity index (χ2v) is 10.2. The molecule has 1 nitrogen and oxygen atoms in total. The molecule has 0 spiro atoms. The lowest BCUT2D eigenvalue weighted by Crippen LogP contribution is -2.33. The Balaban J connectivity index is 2.09. The van der Waals surface area contributed by atoms with Crippen LogP contribution in [0.4, 0.5) is 0 Å². The van der Waals surface area contributed by atoms with Crippen LogP contribution in [0.2, 0.25) is 0 Å². The van der Waals surface area contributed by atoms with Crippen LogP contribution >= 0.6 is 0 Å². The van der Waals surface area contributed by atoms with Crippen molar-refractivity contribution in [3.05, 3.63) is 47.0 Å². The Morgan fingerprint density at radius 1 is 0.840 bits per heavy atom. The number of hydrogen-bond donors (Lipinski definition) is 0. The monoisotopic (exact) mass is 334 g/mol. The molecule has 2 aromatic carbocycles. The van der Waals surface area contributed by atoms with Gasteiger partial charge in [-0.15, -0.1) is 0 Å². The SMILES string of the molecule is CC(C)(C)c1ccc2oc3c4c(ccc3c2c1)C(C)(C)CCC4(C)C. The van der Waals surface area contributed by atoms with Crippen molar-refractivity contribution in [2.45, 2.75) is 77.6 Å². The van der Waals surface area contributed by atoms with E-state index in [2.05, 4.69) is 78.8 Å². The third-order valence-corrected chi connectivity index (χ3v) is 6.29. The first-order valence-electron chi connectivity index (χ1n) is 9.51. The summed E-state index contributed by atoms with van der Waals surface area (Å²) in [5.41, 5.74) is 6.89. The van der Waals surface area contributed by atoms with Gasteiger partial charge in [0.2, 0.25) is 0 Å². The standard InChI is InChI=1S/C24H30O/c1-22(2,3)15-8-11-19-17(14-15)16-9-10-18-20(21(16)25-19)24(6,7)13-12-23(18,4)5/h8-11,14H,12-13H2,1-7H3. The molecule has 1 aromatic heterocycles. The fourth-order valence-electron chi connectivity index (χ4n) is 4.43.